The van der Waals surface area contributed by atoms with Crippen molar-refractivity contribution in [3.8, 4) is 0 Å². The molecule has 0 aromatic carbocycles. The fraction of sp³-hybridized carbons (Fsp3) is 0.667. The predicted octanol–water partition coefficient (Wildman–Crippen LogP) is 0.462. The molecular weight excluding hydrogens is 230 g/mol. The van der Waals surface area contributed by atoms with Crippen LogP contribution >= 0.6 is 0 Å². The molecule has 0 saturated carbocycles. The van der Waals surface area contributed by atoms with E-state index in [0.717, 1.165) is 13.0 Å². The third-order valence-corrected chi connectivity index (χ3v) is 3.28. The molecule has 0 aliphatic heterocycles. The lowest BCUT2D eigenvalue weighted by Gasteiger charge is -2.23. The maximum atomic E-state index is 11.9. The number of hydrogen-bond acceptors (Lipinski definition) is 4. The van der Waals surface area contributed by atoms with E-state index in [2.05, 4.69) is 36.2 Å². The second-order valence-electron chi connectivity index (χ2n) is 4.57. The van der Waals surface area contributed by atoms with Gasteiger partial charge in [-0.15, -0.1) is 0 Å². The van der Waals surface area contributed by atoms with E-state index < -0.39 is 0 Å². The van der Waals surface area contributed by atoms with E-state index in [0.29, 0.717) is 24.0 Å². The maximum Gasteiger partial charge on any atom is 0.271 e. The molecule has 3 N–H and O–H groups in total. The van der Waals surface area contributed by atoms with Crippen LogP contribution < -0.4 is 11.1 Å². The number of aromatic nitrogens is 2. The van der Waals surface area contributed by atoms with E-state index in [1.165, 1.54) is 10.9 Å². The minimum absolute atomic E-state index is 0.176. The van der Waals surface area contributed by atoms with Gasteiger partial charge in [-0.1, -0.05) is 6.92 Å². The molecule has 1 amide bonds. The summed E-state index contributed by atoms with van der Waals surface area (Å²) < 4.78 is 1.49. The Labute approximate surface area is 108 Å². The summed E-state index contributed by atoms with van der Waals surface area (Å²) in [4.78, 5) is 14.1. The minimum atomic E-state index is -0.176. The summed E-state index contributed by atoms with van der Waals surface area (Å²) in [5.74, 6) is -0.176. The molecule has 102 valence electrons. The zero-order valence-electron chi connectivity index (χ0n) is 11.6. The highest BCUT2D eigenvalue weighted by Gasteiger charge is 2.14. The van der Waals surface area contributed by atoms with Crippen LogP contribution in [-0.4, -0.2) is 46.8 Å². The summed E-state index contributed by atoms with van der Waals surface area (Å²) in [6, 6.07) is 0.517. The molecule has 6 heteroatoms. The summed E-state index contributed by atoms with van der Waals surface area (Å²) in [7, 11) is 3.76. The summed E-state index contributed by atoms with van der Waals surface area (Å²) in [6.07, 6.45) is 2.58. The molecule has 1 rings (SSSR count). The normalized spacial score (nSPS) is 12.7. The third-order valence-electron chi connectivity index (χ3n) is 3.28. The van der Waals surface area contributed by atoms with Crippen LogP contribution in [0.1, 0.15) is 30.8 Å². The molecule has 0 aliphatic rings. The standard InChI is InChI=1S/C12H23N5O/c1-5-9(2)16(3)7-6-14-12(18)11-10(13)8-15-17(11)4/h8-9H,5-7,13H2,1-4H3,(H,14,18). The van der Waals surface area contributed by atoms with Gasteiger partial charge in [0, 0.05) is 26.2 Å². The van der Waals surface area contributed by atoms with Crippen molar-refractivity contribution in [3.63, 3.8) is 0 Å². The average Bonchev–Trinajstić information content (AvgIpc) is 2.67. The number of nitrogens with two attached hydrogens (primary N) is 1. The highest BCUT2D eigenvalue weighted by Crippen LogP contribution is 2.08. The van der Waals surface area contributed by atoms with Crippen molar-refractivity contribution in [1.29, 1.82) is 0 Å². The highest BCUT2D eigenvalue weighted by atomic mass is 16.2. The van der Waals surface area contributed by atoms with Crippen LogP contribution in [0.15, 0.2) is 6.20 Å². The number of nitrogens with one attached hydrogen (secondary N) is 1. The summed E-state index contributed by atoms with van der Waals surface area (Å²) in [6.45, 7) is 5.74. The first-order valence-electron chi connectivity index (χ1n) is 6.23. The van der Waals surface area contributed by atoms with Gasteiger partial charge in [-0.05, 0) is 20.4 Å². The van der Waals surface area contributed by atoms with Gasteiger partial charge in [-0.25, -0.2) is 0 Å². The van der Waals surface area contributed by atoms with Crippen molar-refractivity contribution in [2.24, 2.45) is 7.05 Å². The maximum absolute atomic E-state index is 11.9. The van der Waals surface area contributed by atoms with E-state index in [-0.39, 0.29) is 5.91 Å². The Kier molecular flexibility index (Phi) is 5.15. The van der Waals surface area contributed by atoms with Crippen LogP contribution in [0.5, 0.6) is 0 Å². The Balaban J connectivity index is 2.43. The molecule has 1 atom stereocenters. The predicted molar refractivity (Wildman–Crippen MR) is 72.3 cm³/mol. The van der Waals surface area contributed by atoms with Crippen LogP contribution in [0.25, 0.3) is 0 Å². The molecule has 0 spiro atoms. The summed E-state index contributed by atoms with van der Waals surface area (Å²) in [5, 5.41) is 6.80. The van der Waals surface area contributed by atoms with E-state index in [4.69, 9.17) is 5.73 Å². The van der Waals surface area contributed by atoms with Crippen molar-refractivity contribution >= 4 is 11.6 Å². The number of amides is 1. The van der Waals surface area contributed by atoms with Crippen molar-refractivity contribution in [2.45, 2.75) is 26.3 Å². The fourth-order valence-corrected chi connectivity index (χ4v) is 1.69. The van der Waals surface area contributed by atoms with E-state index in [9.17, 15) is 4.79 Å². The molecule has 0 aliphatic carbocycles. The lowest BCUT2D eigenvalue weighted by atomic mass is 10.2. The Hall–Kier alpha value is -1.56. The topological polar surface area (TPSA) is 76.2 Å². The number of hydrogen-bond donors (Lipinski definition) is 2. The number of carbonyl (C=O) groups is 1. The second-order valence-corrected chi connectivity index (χ2v) is 4.57. The largest absolute Gasteiger partial charge is 0.396 e. The highest BCUT2D eigenvalue weighted by molar-refractivity contribution is 5.97. The minimum Gasteiger partial charge on any atom is -0.396 e. The van der Waals surface area contributed by atoms with Crippen LogP contribution in [0.3, 0.4) is 0 Å². The molecule has 0 radical (unpaired) electrons. The fourth-order valence-electron chi connectivity index (χ4n) is 1.69. The van der Waals surface area contributed by atoms with E-state index in [1.807, 2.05) is 0 Å². The second kappa shape index (κ2) is 6.39. The molecule has 18 heavy (non-hydrogen) atoms. The number of aryl methyl sites for hydroxylation is 1. The number of nitrogens with zero attached hydrogens (tertiary/aromatic N) is 3. The van der Waals surface area contributed by atoms with Gasteiger partial charge in [-0.3, -0.25) is 9.48 Å². The van der Waals surface area contributed by atoms with Crippen molar-refractivity contribution in [3.05, 3.63) is 11.9 Å². The smallest absolute Gasteiger partial charge is 0.271 e. The Morgan fingerprint density at radius 3 is 2.83 bits per heavy atom. The average molecular weight is 253 g/mol. The van der Waals surface area contributed by atoms with Crippen molar-refractivity contribution in [1.82, 2.24) is 20.0 Å². The zero-order valence-corrected chi connectivity index (χ0v) is 11.6. The van der Waals surface area contributed by atoms with Crippen LogP contribution in [0.2, 0.25) is 0 Å². The Morgan fingerprint density at radius 2 is 2.33 bits per heavy atom. The molecular formula is C12H23N5O. The van der Waals surface area contributed by atoms with Gasteiger partial charge in [0.25, 0.3) is 5.91 Å². The van der Waals surface area contributed by atoms with Crippen LogP contribution in [0.4, 0.5) is 5.69 Å². The number of rotatable bonds is 6. The first kappa shape index (κ1) is 14.5. The van der Waals surface area contributed by atoms with E-state index in [1.54, 1.807) is 7.05 Å². The molecule has 1 aromatic heterocycles. The van der Waals surface area contributed by atoms with Crippen molar-refractivity contribution in [2.75, 3.05) is 25.9 Å². The first-order valence-corrected chi connectivity index (χ1v) is 6.23. The van der Waals surface area contributed by atoms with Gasteiger partial charge >= 0.3 is 0 Å². The summed E-state index contributed by atoms with van der Waals surface area (Å²) in [5.41, 5.74) is 6.51. The lowest BCUT2D eigenvalue weighted by Crippen LogP contribution is -2.37. The number of likely N-dealkylation sites (N-methyl/N-ethyl adjacent to an activating group) is 1. The van der Waals surface area contributed by atoms with E-state index >= 15 is 0 Å². The van der Waals surface area contributed by atoms with Gasteiger partial charge < -0.3 is 16.0 Å². The van der Waals surface area contributed by atoms with Gasteiger partial charge in [0.15, 0.2) is 0 Å². The Bertz CT molecular complexity index is 382. The quantitative estimate of drug-likeness (QED) is 0.772. The molecule has 0 fully saturated rings. The van der Waals surface area contributed by atoms with Crippen molar-refractivity contribution < 1.29 is 4.79 Å². The monoisotopic (exact) mass is 253 g/mol. The SMILES string of the molecule is CCC(C)N(C)CCNC(=O)c1c(N)cnn1C. The molecule has 0 saturated heterocycles. The summed E-state index contributed by atoms with van der Waals surface area (Å²) >= 11 is 0. The molecule has 1 heterocycles. The number of carbonyl (C=O) groups excluding carboxylic acids is 1. The van der Waals surface area contributed by atoms with Gasteiger partial charge in [0.05, 0.1) is 11.9 Å². The third kappa shape index (κ3) is 3.46. The molecule has 1 unspecified atom stereocenters. The number of anilines is 1. The first-order chi connectivity index (χ1) is 8.47. The van der Waals surface area contributed by atoms with Gasteiger partial charge in [-0.2, -0.15) is 5.10 Å². The van der Waals surface area contributed by atoms with Gasteiger partial charge in [0.1, 0.15) is 5.69 Å². The molecule has 1 aromatic rings. The molecule has 6 nitrogen and oxygen atoms in total. The molecule has 0 bridgehead atoms. The van der Waals surface area contributed by atoms with Crippen LogP contribution in [0, 0.1) is 0 Å². The zero-order chi connectivity index (χ0) is 13.7. The Morgan fingerprint density at radius 1 is 1.67 bits per heavy atom. The van der Waals surface area contributed by atoms with Crippen LogP contribution in [-0.2, 0) is 7.05 Å². The number of nitrogen functional groups attached to an aromatic ring is 1. The van der Waals surface area contributed by atoms with Gasteiger partial charge in [0.2, 0.25) is 0 Å². The lowest BCUT2D eigenvalue weighted by molar-refractivity contribution is 0.0939.